The van der Waals surface area contributed by atoms with Gasteiger partial charge in [0.2, 0.25) is 0 Å². The van der Waals surface area contributed by atoms with Crippen molar-refractivity contribution >= 4 is 35.0 Å². The van der Waals surface area contributed by atoms with Crippen molar-refractivity contribution in [3.8, 4) is 5.75 Å². The van der Waals surface area contributed by atoms with Crippen molar-refractivity contribution in [1.82, 2.24) is 0 Å². The highest BCUT2D eigenvalue weighted by atomic mass is 35.5. The summed E-state index contributed by atoms with van der Waals surface area (Å²) in [5.74, 6) is 0.373. The molecule has 0 saturated carbocycles. The van der Waals surface area contributed by atoms with E-state index in [4.69, 9.17) is 32.7 Å². The van der Waals surface area contributed by atoms with E-state index < -0.39 is 12.4 Å². The van der Waals surface area contributed by atoms with Crippen molar-refractivity contribution < 1.29 is 14.3 Å². The van der Waals surface area contributed by atoms with Crippen LogP contribution in [0.4, 0.5) is 10.5 Å². The predicted octanol–water partition coefficient (Wildman–Crippen LogP) is 5.38. The largest absolute Gasteiger partial charge is 0.515 e. The minimum atomic E-state index is -0.777. The van der Waals surface area contributed by atoms with Gasteiger partial charge in [0, 0.05) is 22.3 Å². The lowest BCUT2D eigenvalue weighted by molar-refractivity contribution is 0.0645. The molecule has 0 heterocycles. The number of hydrogen-bond donors (Lipinski definition) is 0. The van der Waals surface area contributed by atoms with Gasteiger partial charge >= 0.3 is 6.16 Å². The third-order valence-corrected chi connectivity index (χ3v) is 3.69. The van der Waals surface area contributed by atoms with Gasteiger partial charge in [-0.05, 0) is 56.3 Å². The van der Waals surface area contributed by atoms with Crippen LogP contribution in [0.1, 0.15) is 13.8 Å². The van der Waals surface area contributed by atoms with Crippen LogP contribution in [0.2, 0.25) is 10.0 Å². The van der Waals surface area contributed by atoms with Gasteiger partial charge in [-0.1, -0.05) is 29.3 Å². The van der Waals surface area contributed by atoms with Crippen LogP contribution >= 0.6 is 23.2 Å². The van der Waals surface area contributed by atoms with Crippen molar-refractivity contribution in [3.63, 3.8) is 0 Å². The SMILES string of the molecule is CCN(c1cccc(Cl)c1)C(C)OC(=O)Oc1ccc(Cl)cc1. The molecule has 23 heavy (non-hydrogen) atoms. The Morgan fingerprint density at radius 3 is 2.43 bits per heavy atom. The van der Waals surface area contributed by atoms with E-state index in [-0.39, 0.29) is 0 Å². The minimum Gasteiger partial charge on any atom is -0.410 e. The molecule has 2 aromatic rings. The molecule has 0 amide bonds. The number of anilines is 1. The molecule has 1 atom stereocenters. The molecule has 0 fully saturated rings. The van der Waals surface area contributed by atoms with E-state index in [9.17, 15) is 4.79 Å². The predicted molar refractivity (Wildman–Crippen MR) is 92.5 cm³/mol. The molecule has 0 aliphatic carbocycles. The summed E-state index contributed by atoms with van der Waals surface area (Å²) in [5.41, 5.74) is 0.867. The topological polar surface area (TPSA) is 38.8 Å². The van der Waals surface area contributed by atoms with Gasteiger partial charge in [0.25, 0.3) is 0 Å². The van der Waals surface area contributed by atoms with Crippen LogP contribution in [0, 0.1) is 0 Å². The Morgan fingerprint density at radius 1 is 1.13 bits per heavy atom. The Bertz CT molecular complexity index is 661. The first-order valence-corrected chi connectivity index (χ1v) is 7.91. The summed E-state index contributed by atoms with van der Waals surface area (Å²) in [6.45, 7) is 4.38. The zero-order valence-electron chi connectivity index (χ0n) is 12.8. The molecule has 1 unspecified atom stereocenters. The molecule has 122 valence electrons. The summed E-state index contributed by atoms with van der Waals surface area (Å²) in [6, 6.07) is 13.8. The van der Waals surface area contributed by atoms with Gasteiger partial charge < -0.3 is 14.4 Å². The second kappa shape index (κ2) is 8.09. The summed E-state index contributed by atoms with van der Waals surface area (Å²) in [6.07, 6.45) is -1.28. The molecule has 2 aromatic carbocycles. The molecule has 2 rings (SSSR count). The first-order chi connectivity index (χ1) is 11.0. The summed E-state index contributed by atoms with van der Waals surface area (Å²) in [4.78, 5) is 13.8. The number of nitrogens with zero attached hydrogens (tertiary/aromatic N) is 1. The first-order valence-electron chi connectivity index (χ1n) is 7.16. The Morgan fingerprint density at radius 2 is 1.83 bits per heavy atom. The Kier molecular flexibility index (Phi) is 6.13. The first kappa shape index (κ1) is 17.4. The Hall–Kier alpha value is -1.91. The number of ether oxygens (including phenoxy) is 2. The number of halogens is 2. The minimum absolute atomic E-state index is 0.373. The lowest BCUT2D eigenvalue weighted by atomic mass is 10.3. The van der Waals surface area contributed by atoms with E-state index in [1.165, 1.54) is 0 Å². The molecule has 4 nitrogen and oxygen atoms in total. The molecule has 0 N–H and O–H groups in total. The quantitative estimate of drug-likeness (QED) is 0.410. The van der Waals surface area contributed by atoms with Crippen LogP contribution < -0.4 is 9.64 Å². The van der Waals surface area contributed by atoms with E-state index in [1.54, 1.807) is 37.3 Å². The van der Waals surface area contributed by atoms with Crippen LogP contribution in [0.5, 0.6) is 5.75 Å². The molecule has 0 aliphatic rings. The lowest BCUT2D eigenvalue weighted by Gasteiger charge is -2.29. The van der Waals surface area contributed by atoms with E-state index in [0.29, 0.717) is 22.3 Å². The maximum Gasteiger partial charge on any atom is 0.515 e. The normalized spacial score (nSPS) is 11.7. The molecule has 0 aromatic heterocycles. The maximum absolute atomic E-state index is 11.9. The van der Waals surface area contributed by atoms with E-state index in [0.717, 1.165) is 5.69 Å². The van der Waals surface area contributed by atoms with Crippen molar-refractivity contribution in [2.45, 2.75) is 20.1 Å². The van der Waals surface area contributed by atoms with Gasteiger partial charge in [0.15, 0.2) is 6.23 Å². The smallest absolute Gasteiger partial charge is 0.410 e. The second-order valence-electron chi connectivity index (χ2n) is 4.79. The highest BCUT2D eigenvalue weighted by Gasteiger charge is 2.18. The standard InChI is InChI=1S/C17H17Cl2NO3/c1-3-20(15-6-4-5-14(19)11-15)12(2)22-17(21)23-16-9-7-13(18)8-10-16/h4-12H,3H2,1-2H3. The van der Waals surface area contributed by atoms with Crippen LogP contribution in [-0.4, -0.2) is 18.9 Å². The van der Waals surface area contributed by atoms with Crippen molar-refractivity contribution in [1.29, 1.82) is 0 Å². The Balaban J connectivity index is 1.99. The van der Waals surface area contributed by atoms with Crippen LogP contribution in [-0.2, 0) is 4.74 Å². The summed E-state index contributed by atoms with van der Waals surface area (Å²) in [7, 11) is 0. The monoisotopic (exact) mass is 353 g/mol. The average Bonchev–Trinajstić information content (AvgIpc) is 2.50. The molecule has 0 aliphatic heterocycles. The number of carbonyl (C=O) groups excluding carboxylic acids is 1. The van der Waals surface area contributed by atoms with E-state index in [1.807, 2.05) is 30.0 Å². The molecular weight excluding hydrogens is 337 g/mol. The Labute approximate surface area is 145 Å². The van der Waals surface area contributed by atoms with Gasteiger partial charge in [-0.15, -0.1) is 0 Å². The van der Waals surface area contributed by atoms with Crippen molar-refractivity contribution in [2.75, 3.05) is 11.4 Å². The molecule has 0 spiro atoms. The summed E-state index contributed by atoms with van der Waals surface area (Å²) < 4.78 is 10.4. The number of carbonyl (C=O) groups is 1. The zero-order chi connectivity index (χ0) is 16.8. The summed E-state index contributed by atoms with van der Waals surface area (Å²) in [5, 5.41) is 1.19. The molecule has 0 bridgehead atoms. The highest BCUT2D eigenvalue weighted by Crippen LogP contribution is 2.22. The van der Waals surface area contributed by atoms with Crippen LogP contribution in [0.25, 0.3) is 0 Å². The van der Waals surface area contributed by atoms with Gasteiger partial charge in [-0.25, -0.2) is 4.79 Å². The second-order valence-corrected chi connectivity index (χ2v) is 5.66. The molecule has 0 saturated heterocycles. The van der Waals surface area contributed by atoms with Crippen molar-refractivity contribution in [3.05, 3.63) is 58.6 Å². The fraction of sp³-hybridized carbons (Fsp3) is 0.235. The van der Waals surface area contributed by atoms with Gasteiger partial charge in [0.1, 0.15) is 5.75 Å². The molecule has 0 radical (unpaired) electrons. The molecule has 6 heteroatoms. The third kappa shape index (κ3) is 5.05. The number of rotatable bonds is 5. The molecular formula is C17H17Cl2NO3. The number of hydrogen-bond acceptors (Lipinski definition) is 4. The van der Waals surface area contributed by atoms with Crippen molar-refractivity contribution in [2.24, 2.45) is 0 Å². The highest BCUT2D eigenvalue weighted by molar-refractivity contribution is 6.31. The van der Waals surface area contributed by atoms with E-state index in [2.05, 4.69) is 0 Å². The number of benzene rings is 2. The fourth-order valence-corrected chi connectivity index (χ4v) is 2.44. The fourth-order valence-electron chi connectivity index (χ4n) is 2.13. The summed E-state index contributed by atoms with van der Waals surface area (Å²) >= 11 is 11.8. The maximum atomic E-state index is 11.9. The third-order valence-electron chi connectivity index (χ3n) is 3.20. The van der Waals surface area contributed by atoms with Gasteiger partial charge in [0.05, 0.1) is 0 Å². The van der Waals surface area contributed by atoms with Crippen LogP contribution in [0.3, 0.4) is 0 Å². The van der Waals surface area contributed by atoms with Gasteiger partial charge in [-0.2, -0.15) is 0 Å². The average molecular weight is 354 g/mol. The zero-order valence-corrected chi connectivity index (χ0v) is 14.3. The lowest BCUT2D eigenvalue weighted by Crippen LogP contribution is -2.37. The van der Waals surface area contributed by atoms with Gasteiger partial charge in [-0.3, -0.25) is 0 Å². The van der Waals surface area contributed by atoms with Crippen LogP contribution in [0.15, 0.2) is 48.5 Å². The van der Waals surface area contributed by atoms with E-state index >= 15 is 0 Å².